The van der Waals surface area contributed by atoms with Crippen LogP contribution in [0.25, 0.3) is 0 Å². The first-order chi connectivity index (χ1) is 18.1. The fourth-order valence-electron chi connectivity index (χ4n) is 8.45. The van der Waals surface area contributed by atoms with Crippen molar-refractivity contribution in [1.82, 2.24) is 35.2 Å². The molecule has 2 aliphatic heterocycles. The van der Waals surface area contributed by atoms with E-state index >= 15 is 0 Å². The standard InChI is InChI=1S/C26H30F3N7OS/c27-26(28,29)25(3-4-25)20-34-33-19(38-20)24-9-23(10-24,11-24)16-7-35(8-16)21(37)36-12-22(13-36)5-15(6-22)18-30-17(31-32-18)14-1-2-14/h14-16H,1-13H2,(H,30,31,32). The third-order valence-corrected chi connectivity index (χ3v) is 12.6. The molecule has 10 rings (SSSR count). The van der Waals surface area contributed by atoms with E-state index in [0.717, 1.165) is 74.9 Å². The molecule has 8 aliphatic rings. The maximum atomic E-state index is 13.5. The number of nitrogens with one attached hydrogen (secondary N) is 1. The van der Waals surface area contributed by atoms with Gasteiger partial charge in [0.1, 0.15) is 21.3 Å². The zero-order valence-electron chi connectivity index (χ0n) is 21.1. The summed E-state index contributed by atoms with van der Waals surface area (Å²) < 4.78 is 40.4. The van der Waals surface area contributed by atoms with Crippen molar-refractivity contribution in [1.29, 1.82) is 0 Å². The monoisotopic (exact) mass is 545 g/mol. The topological polar surface area (TPSA) is 90.9 Å². The lowest BCUT2D eigenvalue weighted by molar-refractivity contribution is -0.208. The predicted octanol–water partition coefficient (Wildman–Crippen LogP) is 4.48. The average Bonchev–Trinajstić information content (AvgIpc) is 3.64. The van der Waals surface area contributed by atoms with E-state index in [1.807, 2.05) is 9.80 Å². The SMILES string of the molecule is O=C(N1CC(C23CC(c4nnc(C5(C(F)(F)F)CC5)s4)(C2)C3)C1)N1CC2(CC(c3nc(C4CC4)n[nH]3)C2)C1. The zero-order valence-corrected chi connectivity index (χ0v) is 21.9. The van der Waals surface area contributed by atoms with Gasteiger partial charge in [-0.05, 0) is 69.1 Å². The summed E-state index contributed by atoms with van der Waals surface area (Å²) in [6.45, 7) is 3.31. The molecule has 0 radical (unpaired) electrons. The number of nitrogens with zero attached hydrogens (tertiary/aromatic N) is 6. The smallest absolute Gasteiger partial charge is 0.324 e. The maximum absolute atomic E-state index is 13.5. The summed E-state index contributed by atoms with van der Waals surface area (Å²) in [6, 6.07) is 0.169. The number of urea groups is 1. The molecule has 0 unspecified atom stereocenters. The number of aromatic nitrogens is 5. The number of hydrogen-bond acceptors (Lipinski definition) is 6. The van der Waals surface area contributed by atoms with Gasteiger partial charge in [0.15, 0.2) is 5.82 Å². The van der Waals surface area contributed by atoms with Gasteiger partial charge >= 0.3 is 12.2 Å². The van der Waals surface area contributed by atoms with Crippen molar-refractivity contribution in [2.75, 3.05) is 26.2 Å². The Hall–Kier alpha value is -2.24. The second-order valence-corrected chi connectivity index (χ2v) is 14.8. The van der Waals surface area contributed by atoms with Crippen LogP contribution in [0, 0.1) is 16.7 Å². The minimum atomic E-state index is -4.24. The second kappa shape index (κ2) is 6.72. The summed E-state index contributed by atoms with van der Waals surface area (Å²) in [4.78, 5) is 21.8. The van der Waals surface area contributed by atoms with E-state index < -0.39 is 11.6 Å². The van der Waals surface area contributed by atoms with Gasteiger partial charge in [0.2, 0.25) is 0 Å². The Morgan fingerprint density at radius 3 is 2.29 bits per heavy atom. The molecule has 38 heavy (non-hydrogen) atoms. The number of hydrogen-bond donors (Lipinski definition) is 1. The number of likely N-dealkylation sites (tertiary alicyclic amines) is 2. The van der Waals surface area contributed by atoms with E-state index in [1.165, 1.54) is 24.2 Å². The number of amides is 2. The molecule has 2 aromatic rings. The fraction of sp³-hybridized carbons (Fsp3) is 0.808. The zero-order chi connectivity index (χ0) is 25.7. The lowest BCUT2D eigenvalue weighted by atomic mass is 9.31. The summed E-state index contributed by atoms with van der Waals surface area (Å²) >= 11 is 1.19. The molecule has 6 aliphatic carbocycles. The predicted molar refractivity (Wildman–Crippen MR) is 130 cm³/mol. The minimum absolute atomic E-state index is 0.0599. The number of carbonyl (C=O) groups is 1. The van der Waals surface area contributed by atoms with Gasteiger partial charge in [-0.25, -0.2) is 9.78 Å². The number of alkyl halides is 3. The van der Waals surface area contributed by atoms with Crippen LogP contribution in [0.2, 0.25) is 0 Å². The summed E-state index contributed by atoms with van der Waals surface area (Å²) in [5.41, 5.74) is -1.28. The first-order valence-corrected chi connectivity index (χ1v) is 14.8. The van der Waals surface area contributed by atoms with Crippen molar-refractivity contribution in [3.8, 4) is 0 Å². The molecule has 2 saturated heterocycles. The van der Waals surface area contributed by atoms with Gasteiger partial charge in [-0.3, -0.25) is 5.10 Å². The van der Waals surface area contributed by atoms with Crippen LogP contribution in [0.3, 0.4) is 0 Å². The Balaban J connectivity index is 0.757. The Bertz CT molecular complexity index is 1320. The van der Waals surface area contributed by atoms with E-state index in [9.17, 15) is 18.0 Å². The average molecular weight is 546 g/mol. The highest BCUT2D eigenvalue weighted by Gasteiger charge is 2.74. The molecule has 2 aromatic heterocycles. The van der Waals surface area contributed by atoms with Crippen LogP contribution < -0.4 is 0 Å². The summed E-state index contributed by atoms with van der Waals surface area (Å²) in [5, 5.41) is 16.7. The minimum Gasteiger partial charge on any atom is -0.324 e. The van der Waals surface area contributed by atoms with Gasteiger partial charge in [0.25, 0.3) is 0 Å². The van der Waals surface area contributed by atoms with Crippen molar-refractivity contribution in [3.63, 3.8) is 0 Å². The second-order valence-electron chi connectivity index (χ2n) is 13.9. The molecule has 12 heteroatoms. The first-order valence-electron chi connectivity index (χ1n) is 14.0. The van der Waals surface area contributed by atoms with Crippen molar-refractivity contribution in [3.05, 3.63) is 21.7 Å². The van der Waals surface area contributed by atoms with Gasteiger partial charge in [-0.1, -0.05) is 11.3 Å². The Morgan fingerprint density at radius 2 is 1.66 bits per heavy atom. The maximum Gasteiger partial charge on any atom is 0.400 e. The molecular weight excluding hydrogens is 515 g/mol. The van der Waals surface area contributed by atoms with Crippen LogP contribution >= 0.6 is 11.3 Å². The van der Waals surface area contributed by atoms with E-state index in [1.54, 1.807) is 0 Å². The first kappa shape index (κ1) is 22.6. The van der Waals surface area contributed by atoms with E-state index in [2.05, 4.69) is 20.4 Å². The van der Waals surface area contributed by atoms with Crippen LogP contribution in [0.5, 0.6) is 0 Å². The largest absolute Gasteiger partial charge is 0.400 e. The number of H-pyrrole nitrogens is 1. The Kier molecular flexibility index (Phi) is 3.99. The highest BCUT2D eigenvalue weighted by atomic mass is 32.1. The van der Waals surface area contributed by atoms with Crippen molar-refractivity contribution < 1.29 is 18.0 Å². The molecular formula is C26H30F3N7OS. The van der Waals surface area contributed by atoms with Crippen molar-refractivity contribution in [2.45, 2.75) is 86.6 Å². The van der Waals surface area contributed by atoms with Crippen LogP contribution in [-0.4, -0.2) is 73.6 Å². The third kappa shape index (κ3) is 2.85. The molecule has 0 aromatic carbocycles. The van der Waals surface area contributed by atoms with Gasteiger partial charge in [0.05, 0.1) is 0 Å². The van der Waals surface area contributed by atoms with Crippen LogP contribution in [-0.2, 0) is 10.8 Å². The number of halogens is 3. The Morgan fingerprint density at radius 1 is 0.974 bits per heavy atom. The van der Waals surface area contributed by atoms with E-state index in [4.69, 9.17) is 4.98 Å². The fourth-order valence-corrected chi connectivity index (χ4v) is 9.75. The summed E-state index contributed by atoms with van der Waals surface area (Å²) in [7, 11) is 0. The van der Waals surface area contributed by atoms with Crippen LogP contribution in [0.1, 0.15) is 91.3 Å². The molecule has 8 nitrogen and oxygen atoms in total. The highest BCUT2D eigenvalue weighted by molar-refractivity contribution is 7.11. The molecule has 8 fully saturated rings. The number of carbonyl (C=O) groups excluding carboxylic acids is 1. The third-order valence-electron chi connectivity index (χ3n) is 11.2. The van der Waals surface area contributed by atoms with Crippen LogP contribution in [0.15, 0.2) is 0 Å². The van der Waals surface area contributed by atoms with Crippen LogP contribution in [0.4, 0.5) is 18.0 Å². The van der Waals surface area contributed by atoms with Crippen molar-refractivity contribution in [2.24, 2.45) is 16.7 Å². The van der Waals surface area contributed by atoms with Gasteiger partial charge < -0.3 is 9.80 Å². The molecule has 0 atom stereocenters. The quantitative estimate of drug-likeness (QED) is 0.598. The molecule has 4 heterocycles. The van der Waals surface area contributed by atoms with E-state index in [0.29, 0.717) is 17.8 Å². The molecule has 202 valence electrons. The van der Waals surface area contributed by atoms with Crippen molar-refractivity contribution >= 4 is 17.4 Å². The normalized spacial score (nSPS) is 34.7. The van der Waals surface area contributed by atoms with Gasteiger partial charge in [-0.15, -0.1) is 10.2 Å². The number of aromatic amines is 1. The highest BCUT2D eigenvalue weighted by Crippen LogP contribution is 2.78. The van der Waals surface area contributed by atoms with Gasteiger partial charge in [0, 0.05) is 48.8 Å². The molecule has 1 N–H and O–H groups in total. The summed E-state index contributed by atoms with van der Waals surface area (Å²) in [5.74, 6) is 3.53. The lowest BCUT2D eigenvalue weighted by Crippen LogP contribution is -2.74. The molecule has 2 bridgehead atoms. The van der Waals surface area contributed by atoms with Gasteiger partial charge in [-0.2, -0.15) is 18.3 Å². The van der Waals surface area contributed by atoms with E-state index in [-0.39, 0.29) is 40.1 Å². The Labute approximate surface area is 221 Å². The molecule has 1 spiro atoms. The lowest BCUT2D eigenvalue weighted by Gasteiger charge is -2.74. The summed E-state index contributed by atoms with van der Waals surface area (Å²) in [6.07, 6.45) is 3.57. The number of rotatable bonds is 5. The molecule has 2 amide bonds. The molecule has 6 saturated carbocycles.